The van der Waals surface area contributed by atoms with Crippen LogP contribution in [0.4, 0.5) is 0 Å². The Hall–Kier alpha value is -1.07. The fraction of sp³-hybridized carbons (Fsp3) is 0.850. The Balaban J connectivity index is 1.97. The van der Waals surface area contributed by atoms with Crippen LogP contribution >= 0.6 is 0 Å². The molecule has 0 aliphatic carbocycles. The first-order chi connectivity index (χ1) is 12.1. The number of hydrogen-bond acceptors (Lipinski definition) is 3. The van der Waals surface area contributed by atoms with Gasteiger partial charge >= 0.3 is 0 Å². The van der Waals surface area contributed by atoms with Gasteiger partial charge in [-0.1, -0.05) is 12.5 Å². The van der Waals surface area contributed by atoms with Crippen LogP contribution in [-0.4, -0.2) is 86.6 Å². The molecule has 0 amide bonds. The number of hydrogen-bond donors (Lipinski definition) is 1. The van der Waals surface area contributed by atoms with Gasteiger partial charge in [0, 0.05) is 32.7 Å². The maximum absolute atomic E-state index is 4.52. The van der Waals surface area contributed by atoms with Crippen LogP contribution in [0.1, 0.15) is 44.9 Å². The Labute approximate surface area is 155 Å². The smallest absolute Gasteiger partial charge is 0.193 e. The summed E-state index contributed by atoms with van der Waals surface area (Å²) < 4.78 is 0. The third-order valence-corrected chi connectivity index (χ3v) is 6.00. The second-order valence-electron chi connectivity index (χ2n) is 7.83. The molecule has 5 nitrogen and oxygen atoms in total. The zero-order valence-electron chi connectivity index (χ0n) is 16.8. The highest BCUT2D eigenvalue weighted by Crippen LogP contribution is 2.30. The number of unbranched alkanes of at least 4 members (excludes halogenated alkanes) is 1. The summed E-state index contributed by atoms with van der Waals surface area (Å²) in [6.07, 6.45) is 10.8. The summed E-state index contributed by atoms with van der Waals surface area (Å²) >= 11 is 0. The van der Waals surface area contributed by atoms with E-state index in [1.165, 1.54) is 58.3 Å². The highest BCUT2D eigenvalue weighted by molar-refractivity contribution is 5.79. The second-order valence-corrected chi connectivity index (χ2v) is 7.83. The first-order valence-corrected chi connectivity index (χ1v) is 10.1. The molecule has 0 aromatic rings. The average molecular weight is 350 g/mol. The maximum Gasteiger partial charge on any atom is 0.193 e. The van der Waals surface area contributed by atoms with Crippen LogP contribution in [0.25, 0.3) is 0 Å². The second kappa shape index (κ2) is 10.2. The summed E-state index contributed by atoms with van der Waals surface area (Å²) in [5.41, 5.74) is 0.296. The summed E-state index contributed by atoms with van der Waals surface area (Å²) in [5, 5.41) is 3.71. The number of allylic oxidation sites excluding steroid dienone is 1. The van der Waals surface area contributed by atoms with Gasteiger partial charge < -0.3 is 15.1 Å². The van der Waals surface area contributed by atoms with Gasteiger partial charge in [-0.3, -0.25) is 9.89 Å². The lowest BCUT2D eigenvalue weighted by Crippen LogP contribution is -2.62. The molecule has 0 spiro atoms. The Kier molecular flexibility index (Phi) is 8.24. The summed E-state index contributed by atoms with van der Waals surface area (Å²) in [5.74, 6) is 1.03. The Morgan fingerprint density at radius 3 is 2.48 bits per heavy atom. The quantitative estimate of drug-likeness (QED) is 0.331. The van der Waals surface area contributed by atoms with Crippen molar-refractivity contribution in [3.63, 3.8) is 0 Å². The number of likely N-dealkylation sites (tertiary alicyclic amines) is 2. The largest absolute Gasteiger partial charge is 0.354 e. The van der Waals surface area contributed by atoms with Crippen LogP contribution in [0.2, 0.25) is 0 Å². The van der Waals surface area contributed by atoms with Crippen LogP contribution in [0, 0.1) is 0 Å². The predicted octanol–water partition coefficient (Wildman–Crippen LogP) is 2.41. The van der Waals surface area contributed by atoms with E-state index in [-0.39, 0.29) is 0 Å². The summed E-state index contributed by atoms with van der Waals surface area (Å²) in [6.45, 7) is 10.8. The van der Waals surface area contributed by atoms with E-state index in [2.05, 4.69) is 45.7 Å². The van der Waals surface area contributed by atoms with Crippen LogP contribution in [-0.2, 0) is 0 Å². The van der Waals surface area contributed by atoms with Crippen molar-refractivity contribution < 1.29 is 0 Å². The molecule has 2 heterocycles. The van der Waals surface area contributed by atoms with Gasteiger partial charge in [-0.2, -0.15) is 0 Å². The van der Waals surface area contributed by atoms with Crippen molar-refractivity contribution in [3.05, 3.63) is 12.7 Å². The van der Waals surface area contributed by atoms with Gasteiger partial charge in [0.1, 0.15) is 0 Å². The van der Waals surface area contributed by atoms with E-state index in [0.717, 1.165) is 31.9 Å². The van der Waals surface area contributed by atoms with E-state index in [9.17, 15) is 0 Å². The van der Waals surface area contributed by atoms with Gasteiger partial charge in [0.2, 0.25) is 0 Å². The standard InChI is InChI=1S/C20H39N5/c1-5-6-8-13-24(4)19(21-2)22-18-20(11-16-23(3)17-12-20)25-14-9-7-10-15-25/h5H,1,6-18H2,2-4H3,(H,21,22). The van der Waals surface area contributed by atoms with Crippen LogP contribution in [0.3, 0.4) is 0 Å². The Bertz CT molecular complexity index is 420. The molecule has 0 bridgehead atoms. The molecule has 0 aromatic carbocycles. The highest BCUT2D eigenvalue weighted by Gasteiger charge is 2.39. The van der Waals surface area contributed by atoms with Gasteiger partial charge in [0.05, 0.1) is 0 Å². The number of nitrogens with one attached hydrogen (secondary N) is 1. The number of piperidine rings is 2. The number of aliphatic imine (C=N–C) groups is 1. The first-order valence-electron chi connectivity index (χ1n) is 10.1. The topological polar surface area (TPSA) is 34.1 Å². The molecule has 0 saturated carbocycles. The van der Waals surface area contributed by atoms with Crippen molar-refractivity contribution in [2.45, 2.75) is 50.5 Å². The molecular weight excluding hydrogens is 310 g/mol. The van der Waals surface area contributed by atoms with Gasteiger partial charge in [0.15, 0.2) is 5.96 Å². The van der Waals surface area contributed by atoms with Crippen molar-refractivity contribution in [2.75, 3.05) is 60.4 Å². The molecule has 0 atom stereocenters. The molecule has 2 aliphatic rings. The van der Waals surface area contributed by atoms with Crippen molar-refractivity contribution in [1.82, 2.24) is 20.0 Å². The normalized spacial score (nSPS) is 22.6. The molecule has 1 N–H and O–H groups in total. The van der Waals surface area contributed by atoms with E-state index in [4.69, 9.17) is 0 Å². The fourth-order valence-electron chi connectivity index (χ4n) is 4.21. The van der Waals surface area contributed by atoms with E-state index in [1.807, 2.05) is 13.1 Å². The molecule has 0 radical (unpaired) electrons. The molecule has 5 heteroatoms. The average Bonchev–Trinajstić information content (AvgIpc) is 2.65. The van der Waals surface area contributed by atoms with Gasteiger partial charge in [-0.05, 0) is 71.8 Å². The van der Waals surface area contributed by atoms with Crippen molar-refractivity contribution in [1.29, 1.82) is 0 Å². The highest BCUT2D eigenvalue weighted by atomic mass is 15.3. The summed E-state index contributed by atoms with van der Waals surface area (Å²) in [6, 6.07) is 0. The monoisotopic (exact) mass is 349 g/mol. The van der Waals surface area contributed by atoms with Crippen LogP contribution in [0.15, 0.2) is 17.6 Å². The number of nitrogens with zero attached hydrogens (tertiary/aromatic N) is 4. The molecule has 0 unspecified atom stereocenters. The SMILES string of the molecule is C=CCCCN(C)C(=NC)NCC1(N2CCCCC2)CCN(C)CC1. The van der Waals surface area contributed by atoms with Gasteiger partial charge in [-0.15, -0.1) is 6.58 Å². The van der Waals surface area contributed by atoms with Crippen LogP contribution < -0.4 is 5.32 Å². The van der Waals surface area contributed by atoms with E-state index in [1.54, 1.807) is 0 Å². The predicted molar refractivity (Wildman–Crippen MR) is 108 cm³/mol. The molecule has 25 heavy (non-hydrogen) atoms. The maximum atomic E-state index is 4.52. The molecule has 2 rings (SSSR count). The van der Waals surface area contributed by atoms with Crippen LogP contribution in [0.5, 0.6) is 0 Å². The third-order valence-electron chi connectivity index (χ3n) is 6.00. The lowest BCUT2D eigenvalue weighted by Gasteiger charge is -2.50. The lowest BCUT2D eigenvalue weighted by atomic mass is 9.84. The lowest BCUT2D eigenvalue weighted by molar-refractivity contribution is 0.0170. The Morgan fingerprint density at radius 1 is 1.20 bits per heavy atom. The minimum atomic E-state index is 0.296. The van der Waals surface area contributed by atoms with Gasteiger partial charge in [-0.25, -0.2) is 0 Å². The fourth-order valence-corrected chi connectivity index (χ4v) is 4.21. The molecule has 0 aromatic heterocycles. The Morgan fingerprint density at radius 2 is 1.88 bits per heavy atom. The van der Waals surface area contributed by atoms with Gasteiger partial charge in [0.25, 0.3) is 0 Å². The number of rotatable bonds is 7. The van der Waals surface area contributed by atoms with E-state index < -0.39 is 0 Å². The van der Waals surface area contributed by atoms with E-state index >= 15 is 0 Å². The third kappa shape index (κ3) is 5.71. The molecule has 2 saturated heterocycles. The van der Waals surface area contributed by atoms with E-state index in [0.29, 0.717) is 5.54 Å². The molecule has 144 valence electrons. The minimum Gasteiger partial charge on any atom is -0.354 e. The molecule has 2 aliphatic heterocycles. The zero-order valence-corrected chi connectivity index (χ0v) is 16.8. The van der Waals surface area contributed by atoms with Crippen molar-refractivity contribution in [2.24, 2.45) is 4.99 Å². The molecular formula is C20H39N5. The zero-order chi connectivity index (χ0) is 18.1. The molecule has 2 fully saturated rings. The minimum absolute atomic E-state index is 0.296. The summed E-state index contributed by atoms with van der Waals surface area (Å²) in [7, 11) is 6.29. The summed E-state index contributed by atoms with van der Waals surface area (Å²) in [4.78, 5) is 12.0. The number of guanidine groups is 1. The van der Waals surface area contributed by atoms with Crippen molar-refractivity contribution >= 4 is 5.96 Å². The van der Waals surface area contributed by atoms with Crippen molar-refractivity contribution in [3.8, 4) is 0 Å². The first kappa shape index (κ1) is 20.2.